The van der Waals surface area contributed by atoms with Gasteiger partial charge in [0.1, 0.15) is 0 Å². The Morgan fingerprint density at radius 2 is 2.06 bits per heavy atom. The van der Waals surface area contributed by atoms with Crippen molar-refractivity contribution in [2.24, 2.45) is 0 Å². The normalized spacial score (nSPS) is 10.9. The van der Waals surface area contributed by atoms with Gasteiger partial charge in [0.25, 0.3) is 5.56 Å². The van der Waals surface area contributed by atoms with E-state index in [1.54, 1.807) is 16.8 Å². The summed E-state index contributed by atoms with van der Waals surface area (Å²) in [5.74, 6) is 0. The van der Waals surface area contributed by atoms with Crippen molar-refractivity contribution in [3.63, 3.8) is 0 Å². The Morgan fingerprint density at radius 1 is 1.31 bits per heavy atom. The van der Waals surface area contributed by atoms with Crippen molar-refractivity contribution >= 4 is 5.65 Å². The Hall–Kier alpha value is -1.71. The minimum Gasteiger partial charge on any atom is -0.269 e. The Balaban J connectivity index is 2.93. The summed E-state index contributed by atoms with van der Waals surface area (Å²) in [6.07, 6.45) is 4.81. The van der Waals surface area contributed by atoms with E-state index in [2.05, 4.69) is 9.97 Å². The second-order valence-electron chi connectivity index (χ2n) is 3.76. The van der Waals surface area contributed by atoms with E-state index in [1.807, 2.05) is 20.8 Å². The number of hydrogen-bond acceptors (Lipinski definition) is 3. The maximum Gasteiger partial charge on any atom is 0.261 e. The number of aryl methyl sites for hydroxylation is 2. The monoisotopic (exact) mass is 217 g/mol. The third kappa shape index (κ3) is 1.50. The average Bonchev–Trinajstić information content (AvgIpc) is 2.30. The van der Waals surface area contributed by atoms with Gasteiger partial charge in [-0.3, -0.25) is 14.2 Å². The van der Waals surface area contributed by atoms with Gasteiger partial charge in [0.2, 0.25) is 0 Å². The smallest absolute Gasteiger partial charge is 0.261 e. The fraction of sp³-hybridized carbons (Fsp3) is 0.417. The summed E-state index contributed by atoms with van der Waals surface area (Å²) in [5.41, 5.74) is 3.20. The number of aromatic nitrogens is 3. The molecule has 2 aromatic rings. The van der Waals surface area contributed by atoms with Gasteiger partial charge in [0, 0.05) is 18.0 Å². The third-order valence-electron chi connectivity index (χ3n) is 2.79. The van der Waals surface area contributed by atoms with Crippen LogP contribution >= 0.6 is 0 Å². The van der Waals surface area contributed by atoms with Crippen molar-refractivity contribution in [2.45, 2.75) is 33.6 Å². The van der Waals surface area contributed by atoms with Gasteiger partial charge in [-0.25, -0.2) is 4.98 Å². The van der Waals surface area contributed by atoms with Gasteiger partial charge in [0.05, 0.1) is 11.4 Å². The minimum absolute atomic E-state index is 0.0369. The van der Waals surface area contributed by atoms with Gasteiger partial charge in [-0.2, -0.15) is 0 Å². The lowest BCUT2D eigenvalue weighted by molar-refractivity contribution is 0.880. The van der Waals surface area contributed by atoms with Gasteiger partial charge in [0.15, 0.2) is 5.65 Å². The molecule has 4 nitrogen and oxygen atoms in total. The number of rotatable bonds is 2. The molecule has 0 saturated heterocycles. The van der Waals surface area contributed by atoms with Crippen LogP contribution in [0.3, 0.4) is 0 Å². The Labute approximate surface area is 94.0 Å². The van der Waals surface area contributed by atoms with Crippen molar-refractivity contribution in [1.29, 1.82) is 0 Å². The van der Waals surface area contributed by atoms with E-state index in [9.17, 15) is 4.79 Å². The zero-order chi connectivity index (χ0) is 11.7. The maximum absolute atomic E-state index is 12.2. The first-order valence-corrected chi connectivity index (χ1v) is 5.54. The molecule has 0 fully saturated rings. The molecule has 0 bridgehead atoms. The first-order valence-electron chi connectivity index (χ1n) is 5.54. The molecule has 0 radical (unpaired) electrons. The second kappa shape index (κ2) is 4.04. The summed E-state index contributed by atoms with van der Waals surface area (Å²) < 4.78 is 1.58. The highest BCUT2D eigenvalue weighted by Gasteiger charge is 2.10. The quantitative estimate of drug-likeness (QED) is 0.766. The molecule has 16 heavy (non-hydrogen) atoms. The van der Waals surface area contributed by atoms with Gasteiger partial charge >= 0.3 is 0 Å². The van der Waals surface area contributed by atoms with E-state index in [0.29, 0.717) is 5.65 Å². The molecule has 84 valence electrons. The summed E-state index contributed by atoms with van der Waals surface area (Å²) in [6, 6.07) is 0. The van der Waals surface area contributed by atoms with E-state index in [4.69, 9.17) is 0 Å². The predicted octanol–water partition coefficient (Wildman–Crippen LogP) is 1.52. The van der Waals surface area contributed by atoms with Crippen LogP contribution in [0.1, 0.15) is 30.8 Å². The highest BCUT2D eigenvalue weighted by molar-refractivity contribution is 5.44. The third-order valence-corrected chi connectivity index (χ3v) is 2.79. The molecule has 2 rings (SSSR count). The first kappa shape index (κ1) is 10.8. The van der Waals surface area contributed by atoms with Crippen LogP contribution in [0.4, 0.5) is 0 Å². The van der Waals surface area contributed by atoms with Gasteiger partial charge in [-0.05, 0) is 19.8 Å². The van der Waals surface area contributed by atoms with Gasteiger partial charge in [-0.1, -0.05) is 13.8 Å². The molecule has 0 unspecified atom stereocenters. The van der Waals surface area contributed by atoms with Crippen LogP contribution in [0.2, 0.25) is 0 Å². The molecule has 0 aliphatic heterocycles. The van der Waals surface area contributed by atoms with Crippen molar-refractivity contribution in [3.8, 4) is 0 Å². The Morgan fingerprint density at radius 3 is 2.69 bits per heavy atom. The molecule has 0 aromatic carbocycles. The number of nitrogens with zero attached hydrogens (tertiary/aromatic N) is 3. The molecular formula is C12H15N3O. The van der Waals surface area contributed by atoms with Crippen molar-refractivity contribution in [3.05, 3.63) is 39.7 Å². The standard InChI is InChI=1S/C12H15N3O/c1-4-9-10(5-2)14-11-8(3)13-6-7-15(11)12(9)16/h6-7H,4-5H2,1-3H3. The van der Waals surface area contributed by atoms with Crippen LogP contribution in [0.15, 0.2) is 17.2 Å². The lowest BCUT2D eigenvalue weighted by atomic mass is 10.1. The van der Waals surface area contributed by atoms with E-state index in [0.717, 1.165) is 29.8 Å². The van der Waals surface area contributed by atoms with Crippen LogP contribution in [-0.2, 0) is 12.8 Å². The SMILES string of the molecule is CCc1nc2c(C)nccn2c(=O)c1CC. The molecule has 0 atom stereocenters. The van der Waals surface area contributed by atoms with E-state index >= 15 is 0 Å². The van der Waals surface area contributed by atoms with Gasteiger partial charge in [-0.15, -0.1) is 0 Å². The first-order chi connectivity index (χ1) is 7.69. The molecule has 0 N–H and O–H groups in total. The average molecular weight is 217 g/mol. The van der Waals surface area contributed by atoms with E-state index in [-0.39, 0.29) is 5.56 Å². The summed E-state index contributed by atoms with van der Waals surface area (Å²) in [4.78, 5) is 20.9. The predicted molar refractivity (Wildman–Crippen MR) is 62.8 cm³/mol. The molecule has 0 spiro atoms. The second-order valence-corrected chi connectivity index (χ2v) is 3.76. The fourth-order valence-electron chi connectivity index (χ4n) is 1.92. The molecule has 0 aliphatic rings. The van der Waals surface area contributed by atoms with Gasteiger partial charge < -0.3 is 0 Å². The molecule has 0 aliphatic carbocycles. The summed E-state index contributed by atoms with van der Waals surface area (Å²) in [6.45, 7) is 5.87. The highest BCUT2D eigenvalue weighted by atomic mass is 16.1. The van der Waals surface area contributed by atoms with Crippen LogP contribution in [0.25, 0.3) is 5.65 Å². The molecular weight excluding hydrogens is 202 g/mol. The van der Waals surface area contributed by atoms with E-state index in [1.165, 1.54) is 0 Å². The zero-order valence-electron chi connectivity index (χ0n) is 9.82. The number of hydrogen-bond donors (Lipinski definition) is 0. The molecule has 0 amide bonds. The molecule has 2 heterocycles. The highest BCUT2D eigenvalue weighted by Crippen LogP contribution is 2.08. The largest absolute Gasteiger partial charge is 0.269 e. The topological polar surface area (TPSA) is 47.3 Å². The van der Waals surface area contributed by atoms with Crippen molar-refractivity contribution in [1.82, 2.24) is 14.4 Å². The van der Waals surface area contributed by atoms with Crippen LogP contribution in [0, 0.1) is 6.92 Å². The minimum atomic E-state index is 0.0369. The lowest BCUT2D eigenvalue weighted by Gasteiger charge is -2.08. The Kier molecular flexibility index (Phi) is 2.73. The zero-order valence-corrected chi connectivity index (χ0v) is 9.82. The van der Waals surface area contributed by atoms with E-state index < -0.39 is 0 Å². The molecule has 4 heteroatoms. The van der Waals surface area contributed by atoms with Crippen LogP contribution in [-0.4, -0.2) is 14.4 Å². The summed E-state index contributed by atoms with van der Waals surface area (Å²) >= 11 is 0. The van der Waals surface area contributed by atoms with Crippen LogP contribution < -0.4 is 5.56 Å². The maximum atomic E-state index is 12.2. The van der Waals surface area contributed by atoms with Crippen LogP contribution in [0.5, 0.6) is 0 Å². The summed E-state index contributed by atoms with van der Waals surface area (Å²) in [5, 5.41) is 0. The Bertz CT molecular complexity index is 587. The van der Waals surface area contributed by atoms with Crippen molar-refractivity contribution < 1.29 is 0 Å². The number of fused-ring (bicyclic) bond motifs is 1. The van der Waals surface area contributed by atoms with Crippen molar-refractivity contribution in [2.75, 3.05) is 0 Å². The summed E-state index contributed by atoms with van der Waals surface area (Å²) in [7, 11) is 0. The molecule has 0 saturated carbocycles. The lowest BCUT2D eigenvalue weighted by Crippen LogP contribution is -2.22. The fourth-order valence-corrected chi connectivity index (χ4v) is 1.92. The molecule has 2 aromatic heterocycles.